The number of rotatable bonds is 3. The quantitative estimate of drug-likeness (QED) is 0.695. The molecule has 0 aromatic heterocycles. The molecule has 0 aliphatic carbocycles. The molecule has 0 aliphatic rings. The maximum Gasteiger partial charge on any atom is 0.115 e. The summed E-state index contributed by atoms with van der Waals surface area (Å²) >= 11 is 0. The van der Waals surface area contributed by atoms with Gasteiger partial charge in [0.1, 0.15) is 5.75 Å². The number of aromatic hydroxyl groups is 1. The zero-order valence-electron chi connectivity index (χ0n) is 12.0. The normalized spacial score (nSPS) is 12.0. The summed E-state index contributed by atoms with van der Waals surface area (Å²) < 4.78 is 0. The van der Waals surface area contributed by atoms with Crippen molar-refractivity contribution in [3.63, 3.8) is 0 Å². The molecule has 0 heterocycles. The van der Waals surface area contributed by atoms with Crippen LogP contribution in [0.3, 0.4) is 0 Å². The summed E-state index contributed by atoms with van der Waals surface area (Å²) in [5.74, 6) is 0.628. The topological polar surface area (TPSA) is 20.2 Å². The van der Waals surface area contributed by atoms with Gasteiger partial charge in [-0.3, -0.25) is 0 Å². The number of phenolic OH excluding ortho intramolecular Hbond substituents is 1. The fourth-order valence-electron chi connectivity index (χ4n) is 2.70. The molecule has 0 saturated heterocycles. The van der Waals surface area contributed by atoms with Gasteiger partial charge in [-0.15, -0.1) is 0 Å². The van der Waals surface area contributed by atoms with Crippen LogP contribution >= 0.6 is 0 Å². The van der Waals surface area contributed by atoms with Gasteiger partial charge in [0.15, 0.2) is 0 Å². The lowest BCUT2D eigenvalue weighted by Crippen LogP contribution is -1.98. The number of benzene rings is 3. The Morgan fingerprint density at radius 3 is 2.05 bits per heavy atom. The van der Waals surface area contributed by atoms with E-state index < -0.39 is 0 Å². The van der Waals surface area contributed by atoms with Crippen LogP contribution in [0, 0.1) is 0 Å². The molecule has 1 heteroatoms. The second kappa shape index (κ2) is 5.84. The van der Waals surface area contributed by atoms with Crippen molar-refractivity contribution in [2.75, 3.05) is 0 Å². The molecule has 1 atom stereocenters. The van der Waals surface area contributed by atoms with Crippen molar-refractivity contribution in [2.45, 2.75) is 12.8 Å². The van der Waals surface area contributed by atoms with E-state index in [9.17, 15) is 5.11 Å². The van der Waals surface area contributed by atoms with Crippen LogP contribution in [0.5, 0.6) is 5.75 Å². The van der Waals surface area contributed by atoms with Gasteiger partial charge >= 0.3 is 0 Å². The lowest BCUT2D eigenvalue weighted by atomic mass is 9.87. The molecule has 1 nitrogen and oxygen atoms in total. The third kappa shape index (κ3) is 2.82. The van der Waals surface area contributed by atoms with E-state index in [0.717, 1.165) is 5.56 Å². The van der Waals surface area contributed by atoms with Crippen LogP contribution in [0.4, 0.5) is 0 Å². The maximum absolute atomic E-state index is 9.46. The van der Waals surface area contributed by atoms with Crippen molar-refractivity contribution in [2.24, 2.45) is 0 Å². The minimum absolute atomic E-state index is 0.298. The molecular weight excluding hydrogens is 256 g/mol. The van der Waals surface area contributed by atoms with Gasteiger partial charge in [0, 0.05) is 5.92 Å². The smallest absolute Gasteiger partial charge is 0.115 e. The molecule has 0 bridgehead atoms. The Morgan fingerprint density at radius 2 is 1.33 bits per heavy atom. The van der Waals surface area contributed by atoms with Crippen molar-refractivity contribution in [3.05, 3.63) is 90.0 Å². The van der Waals surface area contributed by atoms with Crippen molar-refractivity contribution in [1.82, 2.24) is 0 Å². The third-order valence-electron chi connectivity index (χ3n) is 3.91. The van der Waals surface area contributed by atoms with Crippen molar-refractivity contribution in [3.8, 4) is 16.9 Å². The fourth-order valence-corrected chi connectivity index (χ4v) is 2.70. The highest BCUT2D eigenvalue weighted by Crippen LogP contribution is 2.33. The van der Waals surface area contributed by atoms with Gasteiger partial charge in [-0.2, -0.15) is 0 Å². The van der Waals surface area contributed by atoms with Gasteiger partial charge in [-0.1, -0.05) is 73.7 Å². The highest BCUT2D eigenvalue weighted by atomic mass is 16.3. The number of hydrogen-bond donors (Lipinski definition) is 1. The van der Waals surface area contributed by atoms with Gasteiger partial charge in [0.2, 0.25) is 0 Å². The minimum atomic E-state index is 0.298. The first-order valence-electron chi connectivity index (χ1n) is 7.19. The van der Waals surface area contributed by atoms with Crippen LogP contribution in [0.15, 0.2) is 78.9 Å². The van der Waals surface area contributed by atoms with E-state index in [1.54, 1.807) is 12.1 Å². The zero-order valence-corrected chi connectivity index (χ0v) is 12.0. The Kier molecular flexibility index (Phi) is 3.74. The number of phenols is 1. The highest BCUT2D eigenvalue weighted by Gasteiger charge is 2.13. The second-order valence-corrected chi connectivity index (χ2v) is 5.27. The standard InChI is InChI=1S/C20H18O/c1-15(16-7-3-2-4-8-16)19-9-5-6-10-20(19)17-11-13-18(21)14-12-17/h2-15,21H,1H3. The Morgan fingerprint density at radius 1 is 0.714 bits per heavy atom. The summed E-state index contributed by atoms with van der Waals surface area (Å²) in [5.41, 5.74) is 4.96. The van der Waals surface area contributed by atoms with Gasteiger partial charge in [0.05, 0.1) is 0 Å². The Labute approximate surface area is 125 Å². The van der Waals surface area contributed by atoms with E-state index in [0.29, 0.717) is 11.7 Å². The van der Waals surface area contributed by atoms with Crippen molar-refractivity contribution < 1.29 is 5.11 Å². The third-order valence-corrected chi connectivity index (χ3v) is 3.91. The number of hydrogen-bond acceptors (Lipinski definition) is 1. The van der Waals surface area contributed by atoms with Crippen LogP contribution in [-0.2, 0) is 0 Å². The largest absolute Gasteiger partial charge is 0.508 e. The molecule has 3 aromatic carbocycles. The monoisotopic (exact) mass is 274 g/mol. The Bertz CT molecular complexity index is 714. The van der Waals surface area contributed by atoms with Crippen LogP contribution in [0.2, 0.25) is 0 Å². The average molecular weight is 274 g/mol. The SMILES string of the molecule is CC(c1ccccc1)c1ccccc1-c1ccc(O)cc1. The van der Waals surface area contributed by atoms with Crippen LogP contribution in [0.1, 0.15) is 24.0 Å². The lowest BCUT2D eigenvalue weighted by Gasteiger charge is -2.17. The first-order chi connectivity index (χ1) is 10.3. The fraction of sp³-hybridized carbons (Fsp3) is 0.100. The van der Waals surface area contributed by atoms with E-state index in [4.69, 9.17) is 0 Å². The molecule has 0 fully saturated rings. The van der Waals surface area contributed by atoms with Crippen molar-refractivity contribution in [1.29, 1.82) is 0 Å². The predicted molar refractivity (Wildman–Crippen MR) is 87.5 cm³/mol. The zero-order chi connectivity index (χ0) is 14.7. The predicted octanol–water partition coefficient (Wildman–Crippen LogP) is 5.21. The van der Waals surface area contributed by atoms with Gasteiger partial charge < -0.3 is 5.11 Å². The first-order valence-corrected chi connectivity index (χ1v) is 7.19. The second-order valence-electron chi connectivity index (χ2n) is 5.27. The summed E-state index contributed by atoms with van der Waals surface area (Å²) in [6.45, 7) is 2.23. The molecule has 3 aromatic rings. The Hall–Kier alpha value is -2.54. The molecule has 3 rings (SSSR count). The summed E-state index contributed by atoms with van der Waals surface area (Å²) in [7, 11) is 0. The van der Waals surface area contributed by atoms with Crippen molar-refractivity contribution >= 4 is 0 Å². The summed E-state index contributed by atoms with van der Waals surface area (Å²) in [6.07, 6.45) is 0. The molecule has 0 aliphatic heterocycles. The summed E-state index contributed by atoms with van der Waals surface area (Å²) in [6, 6.07) is 26.4. The molecule has 0 saturated carbocycles. The van der Waals surface area contributed by atoms with E-state index in [1.807, 2.05) is 18.2 Å². The Balaban J connectivity index is 2.06. The van der Waals surface area contributed by atoms with E-state index in [1.165, 1.54) is 16.7 Å². The minimum Gasteiger partial charge on any atom is -0.508 e. The highest BCUT2D eigenvalue weighted by molar-refractivity contribution is 5.69. The van der Waals surface area contributed by atoms with Gasteiger partial charge in [0.25, 0.3) is 0 Å². The molecule has 0 radical (unpaired) electrons. The molecule has 0 amide bonds. The van der Waals surface area contributed by atoms with Crippen LogP contribution in [0.25, 0.3) is 11.1 Å². The first kappa shape index (κ1) is 13.4. The molecule has 1 unspecified atom stereocenters. The molecule has 1 N–H and O–H groups in total. The molecule has 104 valence electrons. The summed E-state index contributed by atoms with van der Waals surface area (Å²) in [5, 5.41) is 9.46. The van der Waals surface area contributed by atoms with E-state index in [-0.39, 0.29) is 0 Å². The maximum atomic E-state index is 9.46. The average Bonchev–Trinajstić information content (AvgIpc) is 2.56. The van der Waals surface area contributed by atoms with E-state index in [2.05, 4.69) is 55.5 Å². The van der Waals surface area contributed by atoms with Crippen LogP contribution < -0.4 is 0 Å². The van der Waals surface area contributed by atoms with Gasteiger partial charge in [-0.25, -0.2) is 0 Å². The molecular formula is C20H18O. The summed E-state index contributed by atoms with van der Waals surface area (Å²) in [4.78, 5) is 0. The molecule has 0 spiro atoms. The van der Waals surface area contributed by atoms with E-state index >= 15 is 0 Å². The lowest BCUT2D eigenvalue weighted by molar-refractivity contribution is 0.475. The van der Waals surface area contributed by atoms with Gasteiger partial charge in [-0.05, 0) is 34.4 Å². The molecule has 21 heavy (non-hydrogen) atoms. The van der Waals surface area contributed by atoms with Crippen LogP contribution in [-0.4, -0.2) is 5.11 Å².